The van der Waals surface area contributed by atoms with Gasteiger partial charge in [-0.3, -0.25) is 9.59 Å². The molecule has 136 valence electrons. The fourth-order valence-electron chi connectivity index (χ4n) is 3.50. The van der Waals surface area contributed by atoms with Crippen LogP contribution in [0.4, 0.5) is 0 Å². The lowest BCUT2D eigenvalue weighted by molar-refractivity contribution is -0.139. The highest BCUT2D eigenvalue weighted by Gasteiger charge is 2.24. The molecule has 5 nitrogen and oxygen atoms in total. The summed E-state index contributed by atoms with van der Waals surface area (Å²) >= 11 is 0. The Balaban J connectivity index is 1.50. The normalized spacial score (nSPS) is 17.0. The Bertz CT molecular complexity index is 621. The van der Waals surface area contributed by atoms with Gasteiger partial charge in [-0.25, -0.2) is 0 Å². The van der Waals surface area contributed by atoms with Crippen molar-refractivity contribution in [3.05, 3.63) is 29.3 Å². The van der Waals surface area contributed by atoms with Crippen LogP contribution in [0.25, 0.3) is 0 Å². The first-order chi connectivity index (χ1) is 12.2. The van der Waals surface area contributed by atoms with Gasteiger partial charge in [0.2, 0.25) is 11.8 Å². The number of ether oxygens (including phenoxy) is 1. The number of fused-ring (bicyclic) bond motifs is 1. The zero-order valence-corrected chi connectivity index (χ0v) is 15.1. The molecule has 5 heteroatoms. The summed E-state index contributed by atoms with van der Waals surface area (Å²) in [4.78, 5) is 28.4. The molecule has 0 radical (unpaired) electrons. The SMILES string of the molecule is CCCCC(=O)N1CCN(C(=O)Cc2ccc3c(c2)CCCO3)CC1. The van der Waals surface area contributed by atoms with Crippen molar-refractivity contribution >= 4 is 11.8 Å². The number of hydrogen-bond acceptors (Lipinski definition) is 3. The van der Waals surface area contributed by atoms with E-state index in [1.165, 1.54) is 5.56 Å². The molecule has 0 bridgehead atoms. The molecule has 0 unspecified atom stereocenters. The fourth-order valence-corrected chi connectivity index (χ4v) is 3.50. The van der Waals surface area contributed by atoms with Gasteiger partial charge in [-0.05, 0) is 36.5 Å². The van der Waals surface area contributed by atoms with E-state index in [2.05, 4.69) is 13.0 Å². The number of carbonyl (C=O) groups is 2. The highest BCUT2D eigenvalue weighted by Crippen LogP contribution is 2.26. The van der Waals surface area contributed by atoms with E-state index in [-0.39, 0.29) is 11.8 Å². The zero-order valence-electron chi connectivity index (χ0n) is 15.1. The van der Waals surface area contributed by atoms with Gasteiger partial charge in [-0.1, -0.05) is 25.5 Å². The molecule has 0 saturated carbocycles. The molecule has 0 aliphatic carbocycles. The Hall–Kier alpha value is -2.04. The van der Waals surface area contributed by atoms with Crippen LogP contribution in [0.2, 0.25) is 0 Å². The maximum atomic E-state index is 12.6. The molecule has 2 heterocycles. The summed E-state index contributed by atoms with van der Waals surface area (Å²) in [7, 11) is 0. The van der Waals surface area contributed by atoms with Crippen LogP contribution in [0.3, 0.4) is 0 Å². The van der Waals surface area contributed by atoms with Gasteiger partial charge in [0.15, 0.2) is 0 Å². The van der Waals surface area contributed by atoms with Crippen LogP contribution in [-0.4, -0.2) is 54.4 Å². The third-order valence-electron chi connectivity index (χ3n) is 5.06. The van der Waals surface area contributed by atoms with Crippen molar-refractivity contribution in [1.29, 1.82) is 0 Å². The second kappa shape index (κ2) is 8.37. The third kappa shape index (κ3) is 4.53. The number of aryl methyl sites for hydroxylation is 1. The third-order valence-corrected chi connectivity index (χ3v) is 5.06. The predicted octanol–water partition coefficient (Wildman–Crippen LogP) is 2.42. The highest BCUT2D eigenvalue weighted by molar-refractivity contribution is 5.80. The first kappa shape index (κ1) is 17.8. The predicted molar refractivity (Wildman–Crippen MR) is 96.6 cm³/mol. The number of benzene rings is 1. The minimum atomic E-state index is 0.150. The molecule has 1 aromatic carbocycles. The summed E-state index contributed by atoms with van der Waals surface area (Å²) in [6, 6.07) is 6.09. The Morgan fingerprint density at radius 1 is 1.08 bits per heavy atom. The number of hydrogen-bond donors (Lipinski definition) is 0. The molecule has 1 saturated heterocycles. The fraction of sp³-hybridized carbons (Fsp3) is 0.600. The quantitative estimate of drug-likeness (QED) is 0.824. The van der Waals surface area contributed by atoms with Crippen LogP contribution in [0.15, 0.2) is 18.2 Å². The molecule has 0 atom stereocenters. The van der Waals surface area contributed by atoms with Crippen molar-refractivity contribution in [2.75, 3.05) is 32.8 Å². The largest absolute Gasteiger partial charge is 0.493 e. The lowest BCUT2D eigenvalue weighted by atomic mass is 10.0. The molecule has 1 aromatic rings. The van der Waals surface area contributed by atoms with Crippen LogP contribution in [-0.2, 0) is 22.4 Å². The van der Waals surface area contributed by atoms with E-state index in [4.69, 9.17) is 4.74 Å². The second-order valence-corrected chi connectivity index (χ2v) is 6.94. The summed E-state index contributed by atoms with van der Waals surface area (Å²) < 4.78 is 5.63. The molecule has 0 aromatic heterocycles. The van der Waals surface area contributed by atoms with Crippen LogP contribution < -0.4 is 4.74 Å². The van der Waals surface area contributed by atoms with Crippen molar-refractivity contribution in [2.24, 2.45) is 0 Å². The Morgan fingerprint density at radius 2 is 1.80 bits per heavy atom. The number of piperazine rings is 1. The highest BCUT2D eigenvalue weighted by atomic mass is 16.5. The summed E-state index contributed by atoms with van der Waals surface area (Å²) in [5.41, 5.74) is 2.26. The van der Waals surface area contributed by atoms with Crippen molar-refractivity contribution in [3.63, 3.8) is 0 Å². The van der Waals surface area contributed by atoms with Crippen molar-refractivity contribution < 1.29 is 14.3 Å². The van der Waals surface area contributed by atoms with Crippen molar-refractivity contribution in [1.82, 2.24) is 9.80 Å². The van der Waals surface area contributed by atoms with Crippen molar-refractivity contribution in [3.8, 4) is 5.75 Å². The van der Waals surface area contributed by atoms with Gasteiger partial charge in [0.25, 0.3) is 0 Å². The lowest BCUT2D eigenvalue weighted by Gasteiger charge is -2.35. The summed E-state index contributed by atoms with van der Waals surface area (Å²) in [6.07, 6.45) is 5.10. The molecule has 2 aliphatic heterocycles. The summed E-state index contributed by atoms with van der Waals surface area (Å²) in [6.45, 7) is 5.48. The molecule has 2 amide bonds. The van der Waals surface area contributed by atoms with Gasteiger partial charge >= 0.3 is 0 Å². The molecule has 25 heavy (non-hydrogen) atoms. The molecule has 2 aliphatic rings. The van der Waals surface area contributed by atoms with E-state index in [9.17, 15) is 9.59 Å². The number of amides is 2. The molecule has 0 N–H and O–H groups in total. The summed E-state index contributed by atoms with van der Waals surface area (Å²) in [5, 5.41) is 0. The second-order valence-electron chi connectivity index (χ2n) is 6.94. The smallest absolute Gasteiger partial charge is 0.227 e. The molecular weight excluding hydrogens is 316 g/mol. The van der Waals surface area contributed by atoms with Crippen LogP contribution in [0, 0.1) is 0 Å². The monoisotopic (exact) mass is 344 g/mol. The van der Waals surface area contributed by atoms with Crippen molar-refractivity contribution in [2.45, 2.75) is 45.4 Å². The minimum Gasteiger partial charge on any atom is -0.493 e. The first-order valence-electron chi connectivity index (χ1n) is 9.47. The Morgan fingerprint density at radius 3 is 2.52 bits per heavy atom. The van der Waals surface area contributed by atoms with Gasteiger partial charge in [0, 0.05) is 32.6 Å². The van der Waals surface area contributed by atoms with E-state index >= 15 is 0 Å². The summed E-state index contributed by atoms with van der Waals surface area (Å²) in [5.74, 6) is 1.34. The van der Waals surface area contributed by atoms with Crippen LogP contribution in [0.5, 0.6) is 5.75 Å². The van der Waals surface area contributed by atoms with Gasteiger partial charge in [0.05, 0.1) is 13.0 Å². The van der Waals surface area contributed by atoms with Gasteiger partial charge < -0.3 is 14.5 Å². The standard InChI is InChI=1S/C20H28N2O3/c1-2-3-6-19(23)21-9-11-22(12-10-21)20(24)15-16-7-8-18-17(14-16)5-4-13-25-18/h7-8,14H,2-6,9-13,15H2,1H3. The lowest BCUT2D eigenvalue weighted by Crippen LogP contribution is -2.50. The van der Waals surface area contributed by atoms with E-state index in [0.29, 0.717) is 39.0 Å². The maximum Gasteiger partial charge on any atom is 0.227 e. The number of rotatable bonds is 5. The van der Waals surface area contributed by atoms with Crippen LogP contribution >= 0.6 is 0 Å². The average Bonchev–Trinajstić information content (AvgIpc) is 2.66. The van der Waals surface area contributed by atoms with E-state index in [1.54, 1.807) is 0 Å². The van der Waals surface area contributed by atoms with E-state index < -0.39 is 0 Å². The minimum absolute atomic E-state index is 0.150. The Labute approximate surface area is 149 Å². The number of unbranched alkanes of at least 4 members (excludes halogenated alkanes) is 1. The number of nitrogens with zero attached hydrogens (tertiary/aromatic N) is 2. The average molecular weight is 344 g/mol. The maximum absolute atomic E-state index is 12.6. The molecule has 1 fully saturated rings. The molecule has 3 rings (SSSR count). The zero-order chi connectivity index (χ0) is 17.6. The van der Waals surface area contributed by atoms with Gasteiger partial charge in [-0.2, -0.15) is 0 Å². The topological polar surface area (TPSA) is 49.9 Å². The molecular formula is C20H28N2O3. The first-order valence-corrected chi connectivity index (χ1v) is 9.47. The Kier molecular flexibility index (Phi) is 5.95. The van der Waals surface area contributed by atoms with Gasteiger partial charge in [0.1, 0.15) is 5.75 Å². The number of carbonyl (C=O) groups excluding carboxylic acids is 2. The molecule has 0 spiro atoms. The van der Waals surface area contributed by atoms with E-state index in [1.807, 2.05) is 21.9 Å². The van der Waals surface area contributed by atoms with Gasteiger partial charge in [-0.15, -0.1) is 0 Å². The van der Waals surface area contributed by atoms with Crippen LogP contribution in [0.1, 0.15) is 43.7 Å². The van der Waals surface area contributed by atoms with E-state index in [0.717, 1.165) is 43.6 Å².